The summed E-state index contributed by atoms with van der Waals surface area (Å²) in [5, 5.41) is 9.82. The van der Waals surface area contributed by atoms with Gasteiger partial charge >= 0.3 is 0 Å². The molecule has 6 aromatic carbocycles. The van der Waals surface area contributed by atoms with Crippen molar-refractivity contribution in [3.8, 4) is 84.7 Å². The molecule has 0 bridgehead atoms. The standard InChI is InChI=1S/C51H37N5/c52-32-34-17-26-44-46(30-34)51(27-5-2-6-28-51)45-16-8-15-43(47(44)45)41-13-7-12-40(31-41)35-18-22-38(23-19-35)49-54-48(37-10-3-1-4-11-37)55-50(56-49)39-24-20-36(21-25-39)42-14-9-29-53-33-42/h1,3-4,7-26,29-31,33H,2,5-6,27-28H2. The Morgan fingerprint density at radius 2 is 1.04 bits per heavy atom. The number of benzene rings is 6. The number of hydrogen-bond donors (Lipinski definition) is 0. The van der Waals surface area contributed by atoms with Crippen molar-refractivity contribution in [2.75, 3.05) is 0 Å². The first kappa shape index (κ1) is 33.5. The zero-order valence-electron chi connectivity index (χ0n) is 30.9. The van der Waals surface area contributed by atoms with Crippen LogP contribution in [0.3, 0.4) is 0 Å². The maximum atomic E-state index is 9.82. The molecule has 1 fully saturated rings. The molecule has 56 heavy (non-hydrogen) atoms. The van der Waals surface area contributed by atoms with Gasteiger partial charge in [0.05, 0.1) is 11.6 Å². The van der Waals surface area contributed by atoms with E-state index in [2.05, 4.69) is 120 Å². The molecule has 2 heterocycles. The summed E-state index contributed by atoms with van der Waals surface area (Å²) in [7, 11) is 0. The second-order valence-corrected chi connectivity index (χ2v) is 14.9. The molecule has 10 rings (SSSR count). The lowest BCUT2D eigenvalue weighted by Crippen LogP contribution is -2.28. The monoisotopic (exact) mass is 719 g/mol. The van der Waals surface area contributed by atoms with Crippen molar-refractivity contribution < 1.29 is 0 Å². The number of aromatic nitrogens is 4. The molecule has 5 heteroatoms. The molecule has 2 aliphatic rings. The maximum absolute atomic E-state index is 9.82. The van der Waals surface area contributed by atoms with E-state index >= 15 is 0 Å². The Labute approximate surface area is 327 Å². The third kappa shape index (κ3) is 5.88. The number of pyridine rings is 1. The number of nitrogens with zero attached hydrogens (tertiary/aromatic N) is 5. The Balaban J connectivity index is 1.00. The van der Waals surface area contributed by atoms with Gasteiger partial charge in [0, 0.05) is 34.5 Å². The molecule has 0 amide bonds. The van der Waals surface area contributed by atoms with Gasteiger partial charge in [-0.15, -0.1) is 0 Å². The van der Waals surface area contributed by atoms with E-state index in [1.54, 1.807) is 6.20 Å². The van der Waals surface area contributed by atoms with Crippen molar-refractivity contribution in [1.29, 1.82) is 5.26 Å². The van der Waals surface area contributed by atoms with Gasteiger partial charge in [-0.3, -0.25) is 4.98 Å². The zero-order valence-corrected chi connectivity index (χ0v) is 30.9. The predicted octanol–water partition coefficient (Wildman–Crippen LogP) is 12.4. The highest BCUT2D eigenvalue weighted by Gasteiger charge is 2.44. The third-order valence-corrected chi connectivity index (χ3v) is 11.7. The third-order valence-electron chi connectivity index (χ3n) is 11.7. The van der Waals surface area contributed by atoms with E-state index in [1.807, 2.05) is 48.7 Å². The van der Waals surface area contributed by atoms with Crippen LogP contribution in [0.2, 0.25) is 0 Å². The SMILES string of the molecule is N#Cc1ccc2c(c1)C1(CCCCC1)c1cccc(-c3cccc(-c4ccc(-c5nc(-c6ccccc6)nc(-c6ccc(-c7cccnc7)cc6)n5)cc4)c3)c1-2. The van der Waals surface area contributed by atoms with Crippen molar-refractivity contribution in [3.05, 3.63) is 181 Å². The number of fused-ring (bicyclic) bond motifs is 5. The molecule has 0 aliphatic heterocycles. The first-order valence-corrected chi connectivity index (χ1v) is 19.4. The molecule has 0 N–H and O–H groups in total. The highest BCUT2D eigenvalue weighted by molar-refractivity contribution is 5.94. The quantitative estimate of drug-likeness (QED) is 0.171. The summed E-state index contributed by atoms with van der Waals surface area (Å²) in [6.07, 6.45) is 9.61. The zero-order chi connectivity index (χ0) is 37.5. The Kier molecular flexibility index (Phi) is 8.38. The van der Waals surface area contributed by atoms with Crippen LogP contribution in [-0.2, 0) is 5.41 Å². The van der Waals surface area contributed by atoms with Crippen LogP contribution in [-0.4, -0.2) is 19.9 Å². The molecule has 1 saturated carbocycles. The normalized spacial score (nSPS) is 13.8. The van der Waals surface area contributed by atoms with E-state index in [4.69, 9.17) is 15.0 Å². The molecular weight excluding hydrogens is 683 g/mol. The second kappa shape index (κ2) is 14.0. The molecule has 2 aliphatic carbocycles. The fraction of sp³-hybridized carbons (Fsp3) is 0.118. The average Bonchev–Trinajstić information content (AvgIpc) is 3.55. The Hall–Kier alpha value is -7.03. The summed E-state index contributed by atoms with van der Waals surface area (Å²) in [4.78, 5) is 19.2. The van der Waals surface area contributed by atoms with Crippen LogP contribution in [0.1, 0.15) is 48.8 Å². The van der Waals surface area contributed by atoms with Gasteiger partial charge in [-0.2, -0.15) is 5.26 Å². The molecule has 8 aromatic rings. The van der Waals surface area contributed by atoms with Crippen molar-refractivity contribution in [2.45, 2.75) is 37.5 Å². The first-order chi connectivity index (χ1) is 27.7. The van der Waals surface area contributed by atoms with Crippen molar-refractivity contribution in [1.82, 2.24) is 19.9 Å². The van der Waals surface area contributed by atoms with Gasteiger partial charge in [0.1, 0.15) is 0 Å². The van der Waals surface area contributed by atoms with Crippen molar-refractivity contribution >= 4 is 0 Å². The van der Waals surface area contributed by atoms with Crippen LogP contribution in [0.4, 0.5) is 0 Å². The first-order valence-electron chi connectivity index (χ1n) is 19.4. The van der Waals surface area contributed by atoms with Crippen LogP contribution in [0.15, 0.2) is 164 Å². The van der Waals surface area contributed by atoms with E-state index in [0.717, 1.165) is 57.3 Å². The van der Waals surface area contributed by atoms with Crippen LogP contribution >= 0.6 is 0 Å². The maximum Gasteiger partial charge on any atom is 0.164 e. The second-order valence-electron chi connectivity index (χ2n) is 14.9. The van der Waals surface area contributed by atoms with Crippen LogP contribution in [0.25, 0.3) is 78.7 Å². The van der Waals surface area contributed by atoms with Crippen LogP contribution in [0, 0.1) is 11.3 Å². The van der Waals surface area contributed by atoms with E-state index in [-0.39, 0.29) is 5.41 Å². The fourth-order valence-corrected chi connectivity index (χ4v) is 8.92. The Bertz CT molecular complexity index is 2760. The lowest BCUT2D eigenvalue weighted by Gasteiger charge is -2.36. The topological polar surface area (TPSA) is 75.3 Å². The van der Waals surface area contributed by atoms with Crippen molar-refractivity contribution in [3.63, 3.8) is 0 Å². The average molecular weight is 720 g/mol. The summed E-state index contributed by atoms with van der Waals surface area (Å²) in [5.41, 5.74) is 15.7. The Morgan fingerprint density at radius 1 is 0.446 bits per heavy atom. The van der Waals surface area contributed by atoms with Crippen LogP contribution in [0.5, 0.6) is 0 Å². The van der Waals surface area contributed by atoms with E-state index in [1.165, 1.54) is 52.6 Å². The van der Waals surface area contributed by atoms with Gasteiger partial charge in [0.15, 0.2) is 17.5 Å². The van der Waals surface area contributed by atoms with Crippen molar-refractivity contribution in [2.24, 2.45) is 0 Å². The number of rotatable bonds is 6. The minimum Gasteiger partial charge on any atom is -0.264 e. The minimum absolute atomic E-state index is 0.0160. The summed E-state index contributed by atoms with van der Waals surface area (Å²) in [6, 6.07) is 55.4. The van der Waals surface area contributed by atoms with Gasteiger partial charge in [0.2, 0.25) is 0 Å². The highest BCUT2D eigenvalue weighted by atomic mass is 15.0. The summed E-state index contributed by atoms with van der Waals surface area (Å²) < 4.78 is 0. The fourth-order valence-electron chi connectivity index (χ4n) is 8.92. The Morgan fingerprint density at radius 3 is 1.70 bits per heavy atom. The van der Waals surface area contributed by atoms with Gasteiger partial charge < -0.3 is 0 Å². The molecule has 0 radical (unpaired) electrons. The van der Waals surface area contributed by atoms with E-state index < -0.39 is 0 Å². The minimum atomic E-state index is -0.0160. The number of hydrogen-bond acceptors (Lipinski definition) is 5. The van der Waals surface area contributed by atoms with Gasteiger partial charge in [-0.25, -0.2) is 15.0 Å². The summed E-state index contributed by atoms with van der Waals surface area (Å²) >= 11 is 0. The molecule has 1 spiro atoms. The molecular formula is C51H37N5. The molecule has 0 unspecified atom stereocenters. The van der Waals surface area contributed by atoms with E-state index in [9.17, 15) is 5.26 Å². The molecule has 266 valence electrons. The van der Waals surface area contributed by atoms with Crippen LogP contribution < -0.4 is 0 Å². The smallest absolute Gasteiger partial charge is 0.164 e. The molecule has 5 nitrogen and oxygen atoms in total. The van der Waals surface area contributed by atoms with E-state index in [0.29, 0.717) is 17.5 Å². The number of nitriles is 1. The van der Waals surface area contributed by atoms with Gasteiger partial charge in [0.25, 0.3) is 0 Å². The predicted molar refractivity (Wildman–Crippen MR) is 224 cm³/mol. The molecule has 0 atom stereocenters. The highest BCUT2D eigenvalue weighted by Crippen LogP contribution is 2.58. The molecule has 2 aromatic heterocycles. The summed E-state index contributed by atoms with van der Waals surface area (Å²) in [6.45, 7) is 0. The van der Waals surface area contributed by atoms with Gasteiger partial charge in [-0.05, 0) is 92.7 Å². The largest absolute Gasteiger partial charge is 0.264 e. The molecule has 0 saturated heterocycles. The lowest BCUT2D eigenvalue weighted by atomic mass is 9.67. The lowest BCUT2D eigenvalue weighted by molar-refractivity contribution is 0.353. The summed E-state index contributed by atoms with van der Waals surface area (Å²) in [5.74, 6) is 1.88. The van der Waals surface area contributed by atoms with Gasteiger partial charge in [-0.1, -0.05) is 147 Å².